The number of benzene rings is 2. The van der Waals surface area contributed by atoms with E-state index in [4.69, 9.17) is 0 Å². The molecule has 3 atom stereocenters. The van der Waals surface area contributed by atoms with E-state index in [0.717, 1.165) is 35.2 Å². The van der Waals surface area contributed by atoms with E-state index in [1.54, 1.807) is 0 Å². The summed E-state index contributed by atoms with van der Waals surface area (Å²) in [4.78, 5) is 2.65. The minimum Gasteiger partial charge on any atom is -0.384 e. The summed E-state index contributed by atoms with van der Waals surface area (Å²) in [6, 6.07) is 17.4. The fourth-order valence-electron chi connectivity index (χ4n) is 4.75. The van der Waals surface area contributed by atoms with Crippen LogP contribution in [0.1, 0.15) is 54.0 Å². The third-order valence-electron chi connectivity index (χ3n) is 6.08. The van der Waals surface area contributed by atoms with Crippen LogP contribution in [0.2, 0.25) is 0 Å². The summed E-state index contributed by atoms with van der Waals surface area (Å²) in [6.07, 6.45) is 4.97. The topological polar surface area (TPSA) is 23.5 Å². The van der Waals surface area contributed by atoms with Crippen molar-refractivity contribution in [1.82, 2.24) is 4.90 Å². The molecular weight excluding hydrogens is 294 g/mol. The van der Waals surface area contributed by atoms with Crippen LogP contribution in [-0.4, -0.2) is 22.6 Å². The Bertz CT molecular complexity index is 711. The van der Waals surface area contributed by atoms with Gasteiger partial charge in [-0.15, -0.1) is 0 Å². The number of aliphatic hydroxyl groups excluding tert-OH is 1. The Morgan fingerprint density at radius 2 is 1.75 bits per heavy atom. The molecule has 0 unspecified atom stereocenters. The van der Waals surface area contributed by atoms with Gasteiger partial charge in [-0.1, -0.05) is 55.0 Å². The summed E-state index contributed by atoms with van der Waals surface area (Å²) in [5, 5.41) is 11.0. The van der Waals surface area contributed by atoms with Crippen LogP contribution in [0.25, 0.3) is 0 Å². The molecule has 2 aromatic rings. The second-order valence-electron chi connectivity index (χ2n) is 7.48. The van der Waals surface area contributed by atoms with Gasteiger partial charge < -0.3 is 5.11 Å². The molecule has 0 amide bonds. The van der Waals surface area contributed by atoms with Crippen molar-refractivity contribution in [3.63, 3.8) is 0 Å². The van der Waals surface area contributed by atoms with Crippen molar-refractivity contribution in [2.75, 3.05) is 6.54 Å². The molecule has 4 rings (SSSR count). The van der Waals surface area contributed by atoms with Crippen molar-refractivity contribution in [3.05, 3.63) is 70.8 Å². The minimum absolute atomic E-state index is 0.538. The second-order valence-corrected chi connectivity index (χ2v) is 7.48. The van der Waals surface area contributed by atoms with Gasteiger partial charge in [0.25, 0.3) is 0 Å². The zero-order chi connectivity index (χ0) is 16.5. The fraction of sp³-hybridized carbons (Fsp3) is 0.455. The van der Waals surface area contributed by atoms with Crippen LogP contribution in [0.4, 0.5) is 0 Å². The van der Waals surface area contributed by atoms with E-state index in [1.807, 2.05) is 24.3 Å². The highest BCUT2D eigenvalue weighted by Gasteiger charge is 2.37. The highest BCUT2D eigenvalue weighted by Crippen LogP contribution is 2.39. The molecule has 126 valence electrons. The number of likely N-dealkylation sites (tertiary alicyclic amines) is 1. The van der Waals surface area contributed by atoms with Crippen LogP contribution in [0.15, 0.2) is 48.5 Å². The van der Waals surface area contributed by atoms with Crippen molar-refractivity contribution in [3.8, 4) is 0 Å². The maximum atomic E-state index is 11.0. The standard InChI is InChI=1S/C22H27NO/c1-16-7-2-4-10-19(16)22(24)20-11-5-3-8-18(20)15-23-14-13-17-9-6-12-21(17)23/h2-5,7-8,10-11,17,21-22,24H,6,9,12-15H2,1H3/t17-,21-,22-/m1/s1. The van der Waals surface area contributed by atoms with Crippen molar-refractivity contribution in [2.45, 2.75) is 51.3 Å². The van der Waals surface area contributed by atoms with Crippen LogP contribution < -0.4 is 0 Å². The third-order valence-corrected chi connectivity index (χ3v) is 6.08. The Labute approximate surface area is 145 Å². The molecule has 2 aliphatic rings. The molecule has 0 aromatic heterocycles. The molecule has 1 aliphatic heterocycles. The van der Waals surface area contributed by atoms with E-state index >= 15 is 0 Å². The lowest BCUT2D eigenvalue weighted by Crippen LogP contribution is -2.30. The molecule has 0 spiro atoms. The number of hydrogen-bond acceptors (Lipinski definition) is 2. The van der Waals surface area contributed by atoms with Crippen LogP contribution >= 0.6 is 0 Å². The normalized spacial score (nSPS) is 24.9. The number of aliphatic hydroxyl groups is 1. The van der Waals surface area contributed by atoms with E-state index < -0.39 is 6.10 Å². The van der Waals surface area contributed by atoms with Crippen LogP contribution in [0.5, 0.6) is 0 Å². The summed E-state index contributed by atoms with van der Waals surface area (Å²) in [5.41, 5.74) is 4.51. The number of rotatable bonds is 4. The molecule has 0 radical (unpaired) electrons. The van der Waals surface area contributed by atoms with E-state index in [0.29, 0.717) is 0 Å². The zero-order valence-electron chi connectivity index (χ0n) is 14.5. The van der Waals surface area contributed by atoms with Gasteiger partial charge in [0.05, 0.1) is 0 Å². The van der Waals surface area contributed by atoms with E-state index in [1.165, 1.54) is 37.8 Å². The van der Waals surface area contributed by atoms with Gasteiger partial charge in [0.2, 0.25) is 0 Å². The van der Waals surface area contributed by atoms with Gasteiger partial charge in [-0.05, 0) is 60.9 Å². The minimum atomic E-state index is -0.538. The molecule has 2 heteroatoms. The van der Waals surface area contributed by atoms with Crippen LogP contribution in [0, 0.1) is 12.8 Å². The summed E-state index contributed by atoms with van der Waals surface area (Å²) in [6.45, 7) is 4.26. The number of aryl methyl sites for hydroxylation is 1. The Balaban J connectivity index is 1.60. The maximum absolute atomic E-state index is 11.0. The van der Waals surface area contributed by atoms with Gasteiger partial charge in [0.1, 0.15) is 6.10 Å². The first kappa shape index (κ1) is 15.9. The predicted molar refractivity (Wildman–Crippen MR) is 97.8 cm³/mol. The first-order valence-electron chi connectivity index (χ1n) is 9.29. The van der Waals surface area contributed by atoms with Crippen LogP contribution in [0.3, 0.4) is 0 Å². The highest BCUT2D eigenvalue weighted by molar-refractivity contribution is 5.39. The van der Waals surface area contributed by atoms with Gasteiger partial charge in [0.15, 0.2) is 0 Å². The lowest BCUT2D eigenvalue weighted by atomic mass is 9.93. The molecule has 1 heterocycles. The number of hydrogen-bond donors (Lipinski definition) is 1. The number of fused-ring (bicyclic) bond motifs is 1. The van der Waals surface area contributed by atoms with Gasteiger partial charge in [-0.2, -0.15) is 0 Å². The molecule has 0 bridgehead atoms. The Kier molecular flexibility index (Phi) is 4.43. The predicted octanol–water partition coefficient (Wildman–Crippen LogP) is 4.45. The van der Waals surface area contributed by atoms with Gasteiger partial charge >= 0.3 is 0 Å². The van der Waals surface area contributed by atoms with E-state index in [9.17, 15) is 5.11 Å². The van der Waals surface area contributed by atoms with Crippen molar-refractivity contribution in [1.29, 1.82) is 0 Å². The summed E-state index contributed by atoms with van der Waals surface area (Å²) >= 11 is 0. The lowest BCUT2D eigenvalue weighted by Gasteiger charge is -2.26. The maximum Gasteiger partial charge on any atom is 0.105 e. The molecule has 2 aromatic carbocycles. The molecule has 2 fully saturated rings. The average Bonchev–Trinajstić information content (AvgIpc) is 3.20. The van der Waals surface area contributed by atoms with Gasteiger partial charge in [-0.25, -0.2) is 0 Å². The molecule has 24 heavy (non-hydrogen) atoms. The molecule has 1 aliphatic carbocycles. The largest absolute Gasteiger partial charge is 0.384 e. The van der Waals surface area contributed by atoms with Crippen molar-refractivity contribution < 1.29 is 5.11 Å². The first-order chi connectivity index (χ1) is 11.7. The lowest BCUT2D eigenvalue weighted by molar-refractivity contribution is 0.208. The van der Waals surface area contributed by atoms with Crippen LogP contribution in [-0.2, 0) is 6.54 Å². The monoisotopic (exact) mass is 321 g/mol. The summed E-state index contributed by atoms with van der Waals surface area (Å²) < 4.78 is 0. The Morgan fingerprint density at radius 3 is 2.58 bits per heavy atom. The molecule has 2 nitrogen and oxygen atoms in total. The van der Waals surface area contributed by atoms with Gasteiger partial charge in [-0.3, -0.25) is 4.90 Å². The summed E-state index contributed by atoms with van der Waals surface area (Å²) in [7, 11) is 0. The average molecular weight is 321 g/mol. The molecule has 1 N–H and O–H groups in total. The Hall–Kier alpha value is -1.64. The molecular formula is C22H27NO. The summed E-state index contributed by atoms with van der Waals surface area (Å²) in [5.74, 6) is 0.915. The smallest absolute Gasteiger partial charge is 0.105 e. The third kappa shape index (κ3) is 2.89. The highest BCUT2D eigenvalue weighted by atomic mass is 16.3. The zero-order valence-corrected chi connectivity index (χ0v) is 14.5. The second kappa shape index (κ2) is 6.70. The number of nitrogens with zero attached hydrogens (tertiary/aromatic N) is 1. The SMILES string of the molecule is Cc1ccccc1[C@@H](O)c1ccccc1CN1CC[C@H]2CCC[C@H]21. The van der Waals surface area contributed by atoms with Crippen molar-refractivity contribution >= 4 is 0 Å². The Morgan fingerprint density at radius 1 is 1.00 bits per heavy atom. The van der Waals surface area contributed by atoms with Crippen molar-refractivity contribution in [2.24, 2.45) is 5.92 Å². The van der Waals surface area contributed by atoms with E-state index in [-0.39, 0.29) is 0 Å². The van der Waals surface area contributed by atoms with E-state index in [2.05, 4.69) is 36.1 Å². The molecule has 1 saturated carbocycles. The fourth-order valence-corrected chi connectivity index (χ4v) is 4.75. The molecule has 1 saturated heterocycles. The van der Waals surface area contributed by atoms with Gasteiger partial charge in [0, 0.05) is 12.6 Å². The quantitative estimate of drug-likeness (QED) is 0.899. The first-order valence-corrected chi connectivity index (χ1v) is 9.29.